The molecule has 152 valence electrons. The number of Topliss-reactive ketones (excluding diaryl/α,β-unsaturated/α-hetero) is 1. The lowest BCUT2D eigenvalue weighted by molar-refractivity contribution is -0.139. The van der Waals surface area contributed by atoms with Crippen LogP contribution in [0.3, 0.4) is 0 Å². The third-order valence-electron chi connectivity index (χ3n) is 4.91. The number of ether oxygens (including phenoxy) is 1. The number of ketones is 1. The van der Waals surface area contributed by atoms with Crippen molar-refractivity contribution in [2.24, 2.45) is 0 Å². The van der Waals surface area contributed by atoms with Crippen molar-refractivity contribution in [3.05, 3.63) is 65.5 Å². The van der Waals surface area contributed by atoms with E-state index in [4.69, 9.17) is 4.74 Å². The van der Waals surface area contributed by atoms with Crippen LogP contribution >= 0.6 is 0 Å². The van der Waals surface area contributed by atoms with Crippen molar-refractivity contribution in [3.63, 3.8) is 0 Å². The van der Waals surface area contributed by atoms with Crippen molar-refractivity contribution in [3.8, 4) is 5.75 Å². The summed E-state index contributed by atoms with van der Waals surface area (Å²) < 4.78 is 5.31. The maximum atomic E-state index is 12.9. The van der Waals surface area contributed by atoms with Crippen molar-refractivity contribution >= 4 is 17.4 Å². The van der Waals surface area contributed by atoms with Gasteiger partial charge in [-0.05, 0) is 56.9 Å². The van der Waals surface area contributed by atoms with Crippen LogP contribution < -0.4 is 4.74 Å². The van der Waals surface area contributed by atoms with Crippen molar-refractivity contribution < 1.29 is 19.4 Å². The minimum absolute atomic E-state index is 0.0827. The van der Waals surface area contributed by atoms with E-state index in [1.165, 1.54) is 17.3 Å². The summed E-state index contributed by atoms with van der Waals surface area (Å²) in [6, 6.07) is 9.76. The average Bonchev–Trinajstić information content (AvgIpc) is 2.98. The zero-order valence-corrected chi connectivity index (χ0v) is 16.8. The fraction of sp³-hybridized carbons (Fsp3) is 0.318. The number of pyridine rings is 1. The Balaban J connectivity index is 2.09. The first-order chi connectivity index (χ1) is 13.9. The number of nitrogens with zero attached hydrogens (tertiary/aromatic N) is 3. The number of aromatic nitrogens is 1. The lowest BCUT2D eigenvalue weighted by atomic mass is 9.95. The second-order valence-corrected chi connectivity index (χ2v) is 7.16. The Labute approximate surface area is 170 Å². The molecule has 2 heterocycles. The summed E-state index contributed by atoms with van der Waals surface area (Å²) in [5.41, 5.74) is 1.24. The standard InChI is InChI=1S/C22H25N3O4/c1-24(2)12-5-13-25-19(16-6-4-7-17(14-16)29-3)18(21(27)22(25)28)20(26)15-8-10-23-11-9-15/h4,6-11,14,19,26H,5,12-13H2,1-3H3/b20-18+. The molecule has 1 aliphatic heterocycles. The fourth-order valence-electron chi connectivity index (χ4n) is 3.49. The summed E-state index contributed by atoms with van der Waals surface area (Å²) in [4.78, 5) is 33.2. The van der Waals surface area contributed by atoms with Crippen LogP contribution in [0.2, 0.25) is 0 Å². The van der Waals surface area contributed by atoms with E-state index in [0.717, 1.165) is 6.54 Å². The number of likely N-dealkylation sites (tertiary alicyclic amines) is 1. The molecule has 1 saturated heterocycles. The van der Waals surface area contributed by atoms with Gasteiger partial charge in [-0.25, -0.2) is 0 Å². The fourth-order valence-corrected chi connectivity index (χ4v) is 3.49. The first kappa shape index (κ1) is 20.5. The first-order valence-corrected chi connectivity index (χ1v) is 9.41. The molecular weight excluding hydrogens is 370 g/mol. The van der Waals surface area contributed by atoms with Gasteiger partial charge in [-0.2, -0.15) is 0 Å². The monoisotopic (exact) mass is 395 g/mol. The number of methoxy groups -OCH3 is 1. The lowest BCUT2D eigenvalue weighted by Gasteiger charge is -2.26. The van der Waals surface area contributed by atoms with E-state index in [9.17, 15) is 14.7 Å². The largest absolute Gasteiger partial charge is 0.507 e. The van der Waals surface area contributed by atoms with Crippen molar-refractivity contribution in [1.82, 2.24) is 14.8 Å². The van der Waals surface area contributed by atoms with Gasteiger partial charge in [0.15, 0.2) is 0 Å². The number of carbonyl (C=O) groups excluding carboxylic acids is 2. The van der Waals surface area contributed by atoms with Gasteiger partial charge in [0.1, 0.15) is 11.5 Å². The van der Waals surface area contributed by atoms with E-state index >= 15 is 0 Å². The maximum Gasteiger partial charge on any atom is 0.295 e. The third-order valence-corrected chi connectivity index (χ3v) is 4.91. The number of hydrogen-bond donors (Lipinski definition) is 1. The minimum atomic E-state index is -0.683. The molecule has 0 saturated carbocycles. The van der Waals surface area contributed by atoms with E-state index in [2.05, 4.69) is 4.98 Å². The Kier molecular flexibility index (Phi) is 6.29. The highest BCUT2D eigenvalue weighted by atomic mass is 16.5. The topological polar surface area (TPSA) is 83.0 Å². The van der Waals surface area contributed by atoms with Gasteiger partial charge < -0.3 is 19.6 Å². The summed E-state index contributed by atoms with van der Waals surface area (Å²) >= 11 is 0. The number of carbonyl (C=O) groups is 2. The Morgan fingerprint density at radius 2 is 1.93 bits per heavy atom. The molecule has 7 nitrogen and oxygen atoms in total. The molecule has 1 amide bonds. The van der Waals surface area contributed by atoms with Gasteiger partial charge in [-0.15, -0.1) is 0 Å². The lowest BCUT2D eigenvalue weighted by Crippen LogP contribution is -2.32. The molecule has 0 bridgehead atoms. The second kappa shape index (κ2) is 8.87. The minimum Gasteiger partial charge on any atom is -0.507 e. The van der Waals surface area contributed by atoms with Crippen LogP contribution in [0.25, 0.3) is 5.76 Å². The van der Waals surface area contributed by atoms with E-state index in [0.29, 0.717) is 29.8 Å². The van der Waals surface area contributed by atoms with Crippen LogP contribution in [0.15, 0.2) is 54.4 Å². The van der Waals surface area contributed by atoms with Gasteiger partial charge in [0.25, 0.3) is 11.7 Å². The van der Waals surface area contributed by atoms with Crippen LogP contribution in [-0.2, 0) is 9.59 Å². The van der Waals surface area contributed by atoms with Crippen molar-refractivity contribution in [1.29, 1.82) is 0 Å². The molecule has 0 aliphatic carbocycles. The molecule has 1 aliphatic rings. The Morgan fingerprint density at radius 3 is 2.59 bits per heavy atom. The molecule has 1 fully saturated rings. The first-order valence-electron chi connectivity index (χ1n) is 9.41. The smallest absolute Gasteiger partial charge is 0.295 e. The highest BCUT2D eigenvalue weighted by Crippen LogP contribution is 2.40. The summed E-state index contributed by atoms with van der Waals surface area (Å²) in [7, 11) is 5.47. The van der Waals surface area contributed by atoms with Gasteiger partial charge in [-0.1, -0.05) is 12.1 Å². The summed E-state index contributed by atoms with van der Waals surface area (Å²) in [5, 5.41) is 10.9. The molecule has 29 heavy (non-hydrogen) atoms. The summed E-state index contributed by atoms with van der Waals surface area (Å²) in [5.74, 6) is -0.872. The zero-order valence-electron chi connectivity index (χ0n) is 16.8. The molecule has 1 aromatic carbocycles. The molecule has 1 atom stereocenters. The van der Waals surface area contributed by atoms with Crippen LogP contribution in [0.1, 0.15) is 23.6 Å². The number of benzene rings is 1. The Bertz CT molecular complexity index is 925. The highest BCUT2D eigenvalue weighted by molar-refractivity contribution is 6.46. The van der Waals surface area contributed by atoms with Gasteiger partial charge in [0, 0.05) is 24.5 Å². The SMILES string of the molecule is COc1cccc(C2/C(=C(\O)c3ccncc3)C(=O)C(=O)N2CCCN(C)C)c1. The average molecular weight is 395 g/mol. The van der Waals surface area contributed by atoms with Gasteiger partial charge in [-0.3, -0.25) is 14.6 Å². The van der Waals surface area contributed by atoms with Gasteiger partial charge >= 0.3 is 0 Å². The molecular formula is C22H25N3O4. The van der Waals surface area contributed by atoms with Gasteiger partial charge in [0.05, 0.1) is 18.7 Å². The number of rotatable bonds is 7. The zero-order chi connectivity index (χ0) is 21.0. The predicted molar refractivity (Wildman–Crippen MR) is 109 cm³/mol. The van der Waals surface area contributed by atoms with E-state index in [1.807, 2.05) is 25.1 Å². The van der Waals surface area contributed by atoms with Crippen LogP contribution in [0, 0.1) is 0 Å². The highest BCUT2D eigenvalue weighted by Gasteiger charge is 2.45. The van der Waals surface area contributed by atoms with E-state index in [1.54, 1.807) is 37.4 Å². The number of aliphatic hydroxyl groups excluding tert-OH is 1. The molecule has 3 rings (SSSR count). The maximum absolute atomic E-state index is 12.9. The molecule has 1 N–H and O–H groups in total. The molecule has 1 unspecified atom stereocenters. The number of aliphatic hydroxyl groups is 1. The van der Waals surface area contributed by atoms with Crippen LogP contribution in [-0.4, -0.2) is 65.9 Å². The molecule has 1 aromatic heterocycles. The molecule has 2 aromatic rings. The van der Waals surface area contributed by atoms with E-state index in [-0.39, 0.29) is 11.3 Å². The predicted octanol–water partition coefficient (Wildman–Crippen LogP) is 2.46. The van der Waals surface area contributed by atoms with Crippen LogP contribution in [0.4, 0.5) is 0 Å². The quantitative estimate of drug-likeness (QED) is 0.441. The van der Waals surface area contributed by atoms with Crippen molar-refractivity contribution in [2.75, 3.05) is 34.3 Å². The third kappa shape index (κ3) is 4.30. The van der Waals surface area contributed by atoms with E-state index < -0.39 is 17.7 Å². The Hall–Kier alpha value is -3.19. The summed E-state index contributed by atoms with van der Waals surface area (Å²) in [6.07, 6.45) is 3.77. The normalized spacial score (nSPS) is 18.5. The summed E-state index contributed by atoms with van der Waals surface area (Å²) in [6.45, 7) is 1.18. The number of amides is 1. The van der Waals surface area contributed by atoms with Crippen molar-refractivity contribution in [2.45, 2.75) is 12.5 Å². The van der Waals surface area contributed by atoms with Gasteiger partial charge in [0.2, 0.25) is 0 Å². The second-order valence-electron chi connectivity index (χ2n) is 7.16. The Morgan fingerprint density at radius 1 is 1.21 bits per heavy atom. The van der Waals surface area contributed by atoms with Crippen LogP contribution in [0.5, 0.6) is 5.75 Å². The number of hydrogen-bond acceptors (Lipinski definition) is 6. The molecule has 0 radical (unpaired) electrons. The molecule has 7 heteroatoms. The molecule has 0 spiro atoms.